The molecule has 0 aliphatic heterocycles. The Balaban J connectivity index is 2.75. The van der Waals surface area contributed by atoms with Gasteiger partial charge in [0.25, 0.3) is 11.6 Å². The monoisotopic (exact) mass is 300 g/mol. The van der Waals surface area contributed by atoms with Gasteiger partial charge in [0.15, 0.2) is 0 Å². The molecule has 1 aromatic carbocycles. The fourth-order valence-electron chi connectivity index (χ4n) is 1.74. The Kier molecular flexibility index (Phi) is 6.41. The number of hydrogen-bond donors (Lipinski definition) is 1. The van der Waals surface area contributed by atoms with E-state index in [1.165, 1.54) is 23.1 Å². The lowest BCUT2D eigenvalue weighted by Gasteiger charge is -2.17. The van der Waals surface area contributed by atoms with Crippen molar-refractivity contribution in [2.24, 2.45) is 0 Å². The highest BCUT2D eigenvalue weighted by Crippen LogP contribution is 2.23. The first-order valence-electron chi connectivity index (χ1n) is 6.27. The summed E-state index contributed by atoms with van der Waals surface area (Å²) in [5.41, 5.74) is -0.0306. The van der Waals surface area contributed by atoms with E-state index >= 15 is 0 Å². The van der Waals surface area contributed by atoms with Gasteiger partial charge in [-0.15, -0.1) is 0 Å². The summed E-state index contributed by atoms with van der Waals surface area (Å²) in [7, 11) is 1.62. The van der Waals surface area contributed by atoms with E-state index in [4.69, 9.17) is 16.7 Å². The lowest BCUT2D eigenvalue weighted by Crippen LogP contribution is -2.28. The summed E-state index contributed by atoms with van der Waals surface area (Å²) in [5, 5.41) is 19.6. The highest BCUT2D eigenvalue weighted by atomic mass is 35.5. The quantitative estimate of drug-likeness (QED) is 0.476. The second-order valence-corrected chi connectivity index (χ2v) is 4.84. The molecule has 7 heteroatoms. The van der Waals surface area contributed by atoms with Gasteiger partial charge in [0.2, 0.25) is 0 Å². The molecule has 0 aliphatic carbocycles. The molecular weight excluding hydrogens is 284 g/mol. The van der Waals surface area contributed by atoms with Gasteiger partial charge >= 0.3 is 0 Å². The van der Waals surface area contributed by atoms with Crippen LogP contribution < -0.4 is 0 Å². The zero-order valence-electron chi connectivity index (χ0n) is 11.2. The molecule has 0 aromatic heterocycles. The first-order chi connectivity index (χ1) is 9.47. The van der Waals surface area contributed by atoms with Crippen LogP contribution in [0.3, 0.4) is 0 Å². The number of aliphatic hydroxyl groups is 1. The molecule has 6 nitrogen and oxygen atoms in total. The zero-order chi connectivity index (χ0) is 15.1. The number of benzene rings is 1. The molecule has 0 atom stereocenters. The van der Waals surface area contributed by atoms with Crippen LogP contribution in [0.25, 0.3) is 0 Å². The molecule has 0 saturated carbocycles. The average molecular weight is 301 g/mol. The van der Waals surface area contributed by atoms with Crippen molar-refractivity contribution in [2.45, 2.75) is 19.3 Å². The van der Waals surface area contributed by atoms with Crippen LogP contribution >= 0.6 is 11.6 Å². The van der Waals surface area contributed by atoms with E-state index < -0.39 is 4.92 Å². The Hall–Kier alpha value is -1.66. The first-order valence-corrected chi connectivity index (χ1v) is 6.65. The second kappa shape index (κ2) is 7.81. The second-order valence-electron chi connectivity index (χ2n) is 4.43. The number of halogens is 1. The predicted octanol–water partition coefficient (Wildman–Crippen LogP) is 2.48. The number of non-ortho nitro benzene ring substituents is 1. The maximum Gasteiger partial charge on any atom is 0.270 e. The summed E-state index contributed by atoms with van der Waals surface area (Å²) in [5.74, 6) is -0.345. The molecule has 110 valence electrons. The molecule has 1 amide bonds. The van der Waals surface area contributed by atoms with Gasteiger partial charge in [0.05, 0.1) is 15.5 Å². The minimum absolute atomic E-state index is 0.130. The largest absolute Gasteiger partial charge is 0.396 e. The van der Waals surface area contributed by atoms with E-state index in [0.717, 1.165) is 12.8 Å². The number of unbranched alkanes of at least 4 members (excludes halogenated alkanes) is 2. The number of amides is 1. The minimum Gasteiger partial charge on any atom is -0.396 e. The van der Waals surface area contributed by atoms with Crippen LogP contribution in [0.2, 0.25) is 5.02 Å². The molecule has 20 heavy (non-hydrogen) atoms. The van der Waals surface area contributed by atoms with E-state index in [1.54, 1.807) is 7.05 Å². The smallest absolute Gasteiger partial charge is 0.270 e. The van der Waals surface area contributed by atoms with Gasteiger partial charge in [-0.3, -0.25) is 14.9 Å². The number of hydrogen-bond acceptors (Lipinski definition) is 4. The molecule has 0 bridgehead atoms. The van der Waals surface area contributed by atoms with Crippen LogP contribution in [0.15, 0.2) is 18.2 Å². The van der Waals surface area contributed by atoms with E-state index in [2.05, 4.69) is 0 Å². The molecule has 1 aromatic rings. The van der Waals surface area contributed by atoms with Gasteiger partial charge in [-0.1, -0.05) is 11.6 Å². The van der Waals surface area contributed by atoms with Crippen molar-refractivity contribution < 1.29 is 14.8 Å². The molecule has 1 rings (SSSR count). The lowest BCUT2D eigenvalue weighted by atomic mass is 10.1. The van der Waals surface area contributed by atoms with Crippen LogP contribution in [0.1, 0.15) is 29.6 Å². The maximum absolute atomic E-state index is 12.2. The van der Waals surface area contributed by atoms with Crippen LogP contribution in [0.5, 0.6) is 0 Å². The van der Waals surface area contributed by atoms with E-state index in [1.807, 2.05) is 0 Å². The van der Waals surface area contributed by atoms with Crippen LogP contribution in [0.4, 0.5) is 5.69 Å². The van der Waals surface area contributed by atoms with Crippen LogP contribution in [0, 0.1) is 10.1 Å². The van der Waals surface area contributed by atoms with Crippen molar-refractivity contribution in [3.8, 4) is 0 Å². The SMILES string of the molecule is CN(CCCCCO)C(=O)c1cc([N+](=O)[O-])ccc1Cl. The molecule has 0 saturated heterocycles. The molecule has 0 radical (unpaired) electrons. The first kappa shape index (κ1) is 16.4. The topological polar surface area (TPSA) is 83.7 Å². The molecule has 0 fully saturated rings. The fourth-order valence-corrected chi connectivity index (χ4v) is 1.93. The van der Waals surface area contributed by atoms with Crippen molar-refractivity contribution >= 4 is 23.2 Å². The number of nitro groups is 1. The molecule has 0 aliphatic rings. The van der Waals surface area contributed by atoms with Gasteiger partial charge in [-0.25, -0.2) is 0 Å². The minimum atomic E-state index is -0.561. The van der Waals surface area contributed by atoms with Gasteiger partial charge in [0, 0.05) is 32.3 Å². The number of carbonyl (C=O) groups excluding carboxylic acids is 1. The summed E-state index contributed by atoms with van der Waals surface area (Å²) < 4.78 is 0. The lowest BCUT2D eigenvalue weighted by molar-refractivity contribution is -0.384. The summed E-state index contributed by atoms with van der Waals surface area (Å²) in [6.07, 6.45) is 2.27. The Bertz CT molecular complexity index is 493. The van der Waals surface area contributed by atoms with Crippen molar-refractivity contribution in [3.05, 3.63) is 38.9 Å². The van der Waals surface area contributed by atoms with E-state index in [-0.39, 0.29) is 28.8 Å². The van der Waals surface area contributed by atoms with E-state index in [9.17, 15) is 14.9 Å². The number of nitrogens with zero attached hydrogens (tertiary/aromatic N) is 2. The highest BCUT2D eigenvalue weighted by Gasteiger charge is 2.18. The van der Waals surface area contributed by atoms with Crippen molar-refractivity contribution in [3.63, 3.8) is 0 Å². The average Bonchev–Trinajstić information content (AvgIpc) is 2.42. The van der Waals surface area contributed by atoms with Gasteiger partial charge in [0.1, 0.15) is 0 Å². The standard InChI is InChI=1S/C13H17ClN2O4/c1-15(7-3-2-4-8-17)13(18)11-9-10(16(19)20)5-6-12(11)14/h5-6,9,17H,2-4,7-8H2,1H3. The molecule has 0 unspecified atom stereocenters. The Morgan fingerprint density at radius 1 is 1.40 bits per heavy atom. The third kappa shape index (κ3) is 4.47. The predicted molar refractivity (Wildman–Crippen MR) is 76.0 cm³/mol. The fraction of sp³-hybridized carbons (Fsp3) is 0.462. The molecule has 1 N–H and O–H groups in total. The van der Waals surface area contributed by atoms with Crippen molar-refractivity contribution in [2.75, 3.05) is 20.2 Å². The molecule has 0 heterocycles. The van der Waals surface area contributed by atoms with Gasteiger partial charge in [-0.05, 0) is 25.3 Å². The number of rotatable bonds is 7. The summed E-state index contributed by atoms with van der Waals surface area (Å²) >= 11 is 5.92. The molecule has 0 spiro atoms. The zero-order valence-corrected chi connectivity index (χ0v) is 12.0. The summed E-state index contributed by atoms with van der Waals surface area (Å²) in [4.78, 5) is 23.8. The normalized spacial score (nSPS) is 10.3. The Morgan fingerprint density at radius 3 is 2.70 bits per heavy atom. The summed E-state index contributed by atoms with van der Waals surface area (Å²) in [6.45, 7) is 0.645. The number of carbonyl (C=O) groups is 1. The molecular formula is C13H17ClN2O4. The Labute approximate surface area is 122 Å². The third-order valence-corrected chi connectivity index (χ3v) is 3.22. The Morgan fingerprint density at radius 2 is 2.10 bits per heavy atom. The summed E-state index contributed by atoms with van der Waals surface area (Å²) in [6, 6.07) is 3.81. The number of aliphatic hydroxyl groups excluding tert-OH is 1. The van der Waals surface area contributed by atoms with Gasteiger partial charge in [-0.2, -0.15) is 0 Å². The van der Waals surface area contributed by atoms with Crippen LogP contribution in [-0.4, -0.2) is 41.0 Å². The van der Waals surface area contributed by atoms with Gasteiger partial charge < -0.3 is 10.0 Å². The van der Waals surface area contributed by atoms with Crippen LogP contribution in [-0.2, 0) is 0 Å². The van der Waals surface area contributed by atoms with Crippen molar-refractivity contribution in [1.29, 1.82) is 0 Å². The van der Waals surface area contributed by atoms with E-state index in [0.29, 0.717) is 13.0 Å². The highest BCUT2D eigenvalue weighted by molar-refractivity contribution is 6.33. The maximum atomic E-state index is 12.2. The number of nitro benzene ring substituents is 1. The van der Waals surface area contributed by atoms with Crippen molar-refractivity contribution in [1.82, 2.24) is 4.90 Å². The third-order valence-electron chi connectivity index (χ3n) is 2.89.